The third kappa shape index (κ3) is 2.40. The van der Waals surface area contributed by atoms with Gasteiger partial charge >= 0.3 is 0 Å². The first-order valence-corrected chi connectivity index (χ1v) is 12.5. The smallest absolute Gasteiger partial charge is 0.188 e. The Morgan fingerprint density at radius 1 is 0.935 bits per heavy atom. The number of fused-ring (bicyclic) bond motifs is 4. The number of ether oxygens (including phenoxy) is 1. The first kappa shape index (κ1) is 18.6. The van der Waals surface area contributed by atoms with Crippen LogP contribution in [0.25, 0.3) is 0 Å². The Bertz CT molecular complexity index is 971. The van der Waals surface area contributed by atoms with Crippen LogP contribution in [0, 0.1) is 35.0 Å². The number of hydrogen-bond donors (Lipinski definition) is 0. The average molecular weight is 413 g/mol. The number of hydrogen-bond acceptors (Lipinski definition) is 2. The Morgan fingerprint density at radius 2 is 1.68 bits per heavy atom. The van der Waals surface area contributed by atoms with Crippen LogP contribution in [0.2, 0.25) is 0 Å². The van der Waals surface area contributed by atoms with E-state index in [4.69, 9.17) is 4.74 Å². The highest BCUT2D eigenvalue weighted by Crippen LogP contribution is 2.71. The van der Waals surface area contributed by atoms with Gasteiger partial charge in [0.05, 0.1) is 6.10 Å². The van der Waals surface area contributed by atoms with Crippen LogP contribution in [0.3, 0.4) is 0 Å². The van der Waals surface area contributed by atoms with Gasteiger partial charge in [0.1, 0.15) is 5.60 Å². The summed E-state index contributed by atoms with van der Waals surface area (Å²) in [5, 5.41) is 0. The van der Waals surface area contributed by atoms with Crippen LogP contribution >= 0.6 is 0 Å². The van der Waals surface area contributed by atoms with Gasteiger partial charge in [0.25, 0.3) is 0 Å². The molecular weight excluding hydrogens is 380 g/mol. The van der Waals surface area contributed by atoms with E-state index in [1.165, 1.54) is 37.7 Å². The number of carbonyl (C=O) groups excluding carboxylic acids is 1. The number of benzene rings is 1. The molecule has 2 nitrogen and oxygen atoms in total. The molecule has 31 heavy (non-hydrogen) atoms. The Hall–Kier alpha value is -1.93. The van der Waals surface area contributed by atoms with E-state index in [-0.39, 0.29) is 23.2 Å². The molecular formula is C29H32O2. The summed E-state index contributed by atoms with van der Waals surface area (Å²) in [5.74, 6) is 3.68. The van der Waals surface area contributed by atoms with E-state index in [2.05, 4.69) is 54.6 Å². The third-order valence-corrected chi connectivity index (χ3v) is 9.91. The topological polar surface area (TPSA) is 26.3 Å². The zero-order valence-electron chi connectivity index (χ0n) is 18.2. The summed E-state index contributed by atoms with van der Waals surface area (Å²) in [4.78, 5) is 13.4. The van der Waals surface area contributed by atoms with Crippen molar-refractivity contribution >= 4 is 5.78 Å². The normalized spacial score (nSPS) is 45.9. The Balaban J connectivity index is 1.25. The van der Waals surface area contributed by atoms with E-state index in [1.807, 2.05) is 6.08 Å². The van der Waals surface area contributed by atoms with Crippen LogP contribution in [0.5, 0.6) is 0 Å². The molecule has 5 aliphatic carbocycles. The molecule has 2 heterocycles. The van der Waals surface area contributed by atoms with Crippen molar-refractivity contribution in [2.75, 3.05) is 0 Å². The Labute approximate surface area is 185 Å². The predicted molar refractivity (Wildman–Crippen MR) is 121 cm³/mol. The van der Waals surface area contributed by atoms with Crippen molar-refractivity contribution in [3.8, 4) is 0 Å². The van der Waals surface area contributed by atoms with Crippen molar-refractivity contribution in [1.29, 1.82) is 0 Å². The highest BCUT2D eigenvalue weighted by molar-refractivity contribution is 5.99. The van der Waals surface area contributed by atoms with E-state index in [9.17, 15) is 4.79 Å². The summed E-state index contributed by atoms with van der Waals surface area (Å²) in [6.07, 6.45) is 20.9. The Morgan fingerprint density at radius 3 is 2.42 bits per heavy atom. The summed E-state index contributed by atoms with van der Waals surface area (Å²) in [5.41, 5.74) is 2.37. The lowest BCUT2D eigenvalue weighted by molar-refractivity contribution is -0.227. The van der Waals surface area contributed by atoms with Crippen molar-refractivity contribution in [2.24, 2.45) is 35.0 Å². The lowest BCUT2D eigenvalue weighted by Crippen LogP contribution is -2.68. The van der Waals surface area contributed by atoms with Crippen molar-refractivity contribution in [2.45, 2.75) is 63.1 Å². The van der Waals surface area contributed by atoms with Crippen LogP contribution in [-0.2, 0) is 16.0 Å². The second-order valence-electron chi connectivity index (χ2n) is 11.2. The largest absolute Gasteiger partial charge is 0.358 e. The molecule has 6 bridgehead atoms. The minimum absolute atomic E-state index is 0.0827. The molecule has 0 radical (unpaired) electrons. The van der Waals surface area contributed by atoms with Gasteiger partial charge < -0.3 is 4.74 Å². The molecule has 4 saturated carbocycles. The monoisotopic (exact) mass is 412 g/mol. The highest BCUT2D eigenvalue weighted by atomic mass is 16.5. The zero-order valence-corrected chi connectivity index (χ0v) is 18.2. The van der Waals surface area contributed by atoms with Gasteiger partial charge in [0.2, 0.25) is 0 Å². The Kier molecular flexibility index (Phi) is 3.93. The molecule has 2 aliphatic heterocycles. The molecule has 1 unspecified atom stereocenters. The van der Waals surface area contributed by atoms with Crippen molar-refractivity contribution < 1.29 is 9.53 Å². The van der Waals surface area contributed by atoms with Crippen molar-refractivity contribution in [3.05, 3.63) is 71.8 Å². The molecule has 1 aromatic carbocycles. The summed E-state index contributed by atoms with van der Waals surface area (Å²) in [6.45, 7) is 0. The van der Waals surface area contributed by atoms with Crippen molar-refractivity contribution in [1.82, 2.24) is 0 Å². The van der Waals surface area contributed by atoms with Gasteiger partial charge in [0, 0.05) is 11.3 Å². The molecule has 7 aliphatic rings. The number of rotatable bonds is 4. The number of ketones is 1. The summed E-state index contributed by atoms with van der Waals surface area (Å²) in [6, 6.07) is 10.7. The van der Waals surface area contributed by atoms with Gasteiger partial charge in [-0.2, -0.15) is 0 Å². The summed E-state index contributed by atoms with van der Waals surface area (Å²) >= 11 is 0. The maximum absolute atomic E-state index is 13.4. The predicted octanol–water partition coefficient (Wildman–Crippen LogP) is 5.84. The van der Waals surface area contributed by atoms with Crippen molar-refractivity contribution in [3.63, 3.8) is 0 Å². The summed E-state index contributed by atoms with van der Waals surface area (Å²) in [7, 11) is 0. The molecule has 160 valence electrons. The molecule has 8 rings (SSSR count). The lowest BCUT2D eigenvalue weighted by Gasteiger charge is -2.68. The van der Waals surface area contributed by atoms with E-state index in [1.54, 1.807) is 5.57 Å². The van der Waals surface area contributed by atoms with Gasteiger partial charge in [-0.25, -0.2) is 0 Å². The standard InChI is InChI=1S/C29H32O2/c30-26-11-12-27-29(22-15-20-14-21(17-22)18-23(29)16-20)25-10-4-9-24(25)28(26,31-27)13-5-8-19-6-2-1-3-7-19/h1-4,6-7,9-12,20-24,27H,5,8,13-18H2/t20?,21?,22?,23?,24?,27-,28-,29?/m1/s1. The van der Waals surface area contributed by atoms with E-state index < -0.39 is 5.60 Å². The molecule has 1 saturated heterocycles. The van der Waals surface area contributed by atoms with Crippen LogP contribution in [-0.4, -0.2) is 17.5 Å². The average Bonchev–Trinajstić information content (AvgIpc) is 3.27. The lowest BCUT2D eigenvalue weighted by atomic mass is 9.39. The van der Waals surface area contributed by atoms with E-state index >= 15 is 0 Å². The third-order valence-electron chi connectivity index (χ3n) is 9.91. The van der Waals surface area contributed by atoms with Gasteiger partial charge in [0.15, 0.2) is 5.78 Å². The van der Waals surface area contributed by atoms with E-state index in [0.29, 0.717) is 0 Å². The van der Waals surface area contributed by atoms with Gasteiger partial charge in [-0.05, 0) is 86.7 Å². The molecule has 5 fully saturated rings. The SMILES string of the molecule is O=C1C=C[C@H]2O[C@]1(CCCc1ccccc1)C1C=CC=C1C21C2CC3CC(C2)CC1C3. The molecule has 0 aromatic heterocycles. The first-order chi connectivity index (χ1) is 15.2. The molecule has 3 atom stereocenters. The van der Waals surface area contributed by atoms with Gasteiger partial charge in [-0.1, -0.05) is 60.2 Å². The molecule has 0 amide bonds. The maximum Gasteiger partial charge on any atom is 0.188 e. The molecule has 1 spiro atoms. The van der Waals surface area contributed by atoms with Crippen LogP contribution < -0.4 is 0 Å². The second kappa shape index (κ2) is 6.54. The number of allylic oxidation sites excluding steroid dienone is 2. The zero-order chi connectivity index (χ0) is 20.6. The fraction of sp³-hybridized carbons (Fsp3) is 0.552. The quantitative estimate of drug-likeness (QED) is 0.621. The van der Waals surface area contributed by atoms with Crippen LogP contribution in [0.15, 0.2) is 66.3 Å². The van der Waals surface area contributed by atoms with Gasteiger partial charge in [-0.15, -0.1) is 0 Å². The molecule has 2 heteroatoms. The number of aryl methyl sites for hydroxylation is 1. The fourth-order valence-electron chi connectivity index (χ4n) is 9.02. The minimum atomic E-state index is -0.688. The fourth-order valence-corrected chi connectivity index (χ4v) is 9.02. The first-order valence-electron chi connectivity index (χ1n) is 12.5. The second-order valence-corrected chi connectivity index (χ2v) is 11.2. The van der Waals surface area contributed by atoms with Crippen LogP contribution in [0.1, 0.15) is 50.5 Å². The number of carbonyl (C=O) groups is 1. The molecule has 0 N–H and O–H groups in total. The van der Waals surface area contributed by atoms with Crippen LogP contribution in [0.4, 0.5) is 0 Å². The van der Waals surface area contributed by atoms with Gasteiger partial charge in [-0.3, -0.25) is 4.79 Å². The molecule has 1 aromatic rings. The maximum atomic E-state index is 13.4. The van der Waals surface area contributed by atoms with E-state index in [0.717, 1.165) is 42.9 Å². The summed E-state index contributed by atoms with van der Waals surface area (Å²) < 4.78 is 7.03. The minimum Gasteiger partial charge on any atom is -0.358 e. The highest BCUT2D eigenvalue weighted by Gasteiger charge is 2.69.